The van der Waals surface area contributed by atoms with Crippen molar-refractivity contribution in [3.8, 4) is 5.75 Å². The molecule has 0 saturated heterocycles. The first-order chi connectivity index (χ1) is 19.6. The number of amides is 1. The van der Waals surface area contributed by atoms with Crippen LogP contribution in [0.2, 0.25) is 0 Å². The Morgan fingerprint density at radius 3 is 2.20 bits per heavy atom. The number of benzene rings is 3. The highest BCUT2D eigenvalue weighted by Gasteiger charge is 2.46. The Hall–Kier alpha value is -3.77. The molecule has 2 aliphatic rings. The van der Waals surface area contributed by atoms with Crippen molar-refractivity contribution in [2.45, 2.75) is 43.7 Å². The van der Waals surface area contributed by atoms with Crippen molar-refractivity contribution in [1.82, 2.24) is 0 Å². The summed E-state index contributed by atoms with van der Waals surface area (Å²) >= 11 is 1.11. The Labute approximate surface area is 240 Å². The molecule has 0 radical (unpaired) electrons. The molecule has 0 aromatic heterocycles. The van der Waals surface area contributed by atoms with Gasteiger partial charge in [0.1, 0.15) is 12.4 Å². The van der Waals surface area contributed by atoms with Gasteiger partial charge in [-0.2, -0.15) is 26.6 Å². The van der Waals surface area contributed by atoms with E-state index in [4.69, 9.17) is 4.74 Å². The van der Waals surface area contributed by atoms with E-state index in [1.807, 2.05) is 24.3 Å². The Morgan fingerprint density at radius 2 is 1.56 bits per heavy atom. The summed E-state index contributed by atoms with van der Waals surface area (Å²) in [6.07, 6.45) is 6.86. The fraction of sp³-hybridized carbons (Fsp3) is 0.241. The van der Waals surface area contributed by atoms with Crippen LogP contribution >= 0.6 is 11.8 Å². The molecule has 1 heterocycles. The van der Waals surface area contributed by atoms with Crippen LogP contribution < -0.4 is 14.8 Å². The smallest absolute Gasteiger partial charge is 0.489 e. The monoisotopic (exact) mass is 601 g/mol. The molecule has 0 spiro atoms. The van der Waals surface area contributed by atoms with E-state index in [1.54, 1.807) is 6.08 Å². The highest BCUT2D eigenvalue weighted by atomic mass is 32.2. The molecule has 5 rings (SSSR count). The van der Waals surface area contributed by atoms with Crippen LogP contribution in [0.25, 0.3) is 6.08 Å². The average molecular weight is 602 g/mol. The number of hydrogen-bond donors (Lipinski definition) is 2. The molecule has 1 saturated carbocycles. The van der Waals surface area contributed by atoms with E-state index in [1.165, 1.54) is 60.2 Å². The molecule has 2 N–H and O–H groups in total. The first-order valence-electron chi connectivity index (χ1n) is 12.9. The summed E-state index contributed by atoms with van der Waals surface area (Å²) < 4.78 is 67.5. The third-order valence-corrected chi connectivity index (χ3v) is 8.72. The van der Waals surface area contributed by atoms with Gasteiger partial charge in [-0.15, -0.1) is 0 Å². The number of nitrogens with zero attached hydrogens (tertiary/aromatic N) is 1. The molecule has 1 amide bonds. The fourth-order valence-electron chi connectivity index (χ4n) is 4.54. The lowest BCUT2D eigenvalue weighted by Gasteiger charge is -2.11. The standard InChI is InChI=1S/C29H26F3N3O4S2/c30-29(31,32)41(37,38)35-24-13-11-23(12-14-24)33-28-34-27(36)26(40-28)17-19-7-15-25(16-8-19)39-18-20-5-9-22(10-6-20)21-3-1-2-4-21/h5-17,21,35H,1-4,18H2,(H,33,34,36)/b26-17-. The van der Waals surface area contributed by atoms with Crippen molar-refractivity contribution in [2.75, 3.05) is 10.0 Å². The minimum absolute atomic E-state index is 0.254. The number of carbonyl (C=O) groups is 1. The van der Waals surface area contributed by atoms with Crippen LogP contribution in [0.1, 0.15) is 48.3 Å². The first kappa shape index (κ1) is 28.7. The fourth-order valence-corrected chi connectivity index (χ4v) is 5.94. The largest absolute Gasteiger partial charge is 0.516 e. The number of alkyl halides is 3. The van der Waals surface area contributed by atoms with E-state index in [2.05, 4.69) is 34.6 Å². The topological polar surface area (TPSA) is 96.9 Å². The third-order valence-electron chi connectivity index (χ3n) is 6.70. The van der Waals surface area contributed by atoms with Gasteiger partial charge in [-0.25, -0.2) is 0 Å². The van der Waals surface area contributed by atoms with Gasteiger partial charge in [0.25, 0.3) is 5.91 Å². The average Bonchev–Trinajstić information content (AvgIpc) is 3.59. The van der Waals surface area contributed by atoms with Crippen molar-refractivity contribution < 1.29 is 31.1 Å². The van der Waals surface area contributed by atoms with Crippen LogP contribution in [0.15, 0.2) is 82.7 Å². The van der Waals surface area contributed by atoms with Gasteiger partial charge in [-0.1, -0.05) is 49.2 Å². The van der Waals surface area contributed by atoms with Crippen molar-refractivity contribution in [3.63, 3.8) is 0 Å². The number of aliphatic imine (C=N–C) groups is 1. The molecular weight excluding hydrogens is 575 g/mol. The molecule has 3 aromatic rings. The van der Waals surface area contributed by atoms with Crippen LogP contribution in [0.5, 0.6) is 5.75 Å². The predicted octanol–water partition coefficient (Wildman–Crippen LogP) is 7.27. The van der Waals surface area contributed by atoms with E-state index < -0.39 is 21.4 Å². The second-order valence-electron chi connectivity index (χ2n) is 9.67. The maximum absolute atomic E-state index is 12.5. The van der Waals surface area contributed by atoms with Crippen LogP contribution in [0.4, 0.5) is 24.5 Å². The summed E-state index contributed by atoms with van der Waals surface area (Å²) in [5.74, 6) is 0.950. The highest BCUT2D eigenvalue weighted by molar-refractivity contribution is 8.18. The quantitative estimate of drug-likeness (QED) is 0.264. The van der Waals surface area contributed by atoms with Crippen molar-refractivity contribution in [3.05, 3.63) is 94.4 Å². The number of amidine groups is 1. The molecule has 1 fully saturated rings. The number of hydrogen-bond acceptors (Lipinski definition) is 6. The lowest BCUT2D eigenvalue weighted by Crippen LogP contribution is -2.29. The van der Waals surface area contributed by atoms with Gasteiger partial charge >= 0.3 is 15.5 Å². The minimum Gasteiger partial charge on any atom is -0.489 e. The van der Waals surface area contributed by atoms with Crippen LogP contribution in [0.3, 0.4) is 0 Å². The van der Waals surface area contributed by atoms with Crippen LogP contribution in [-0.2, 0) is 21.4 Å². The number of anilines is 2. The Morgan fingerprint density at radius 1 is 0.927 bits per heavy atom. The molecule has 1 aliphatic heterocycles. The van der Waals surface area contributed by atoms with Crippen LogP contribution in [-0.4, -0.2) is 25.0 Å². The van der Waals surface area contributed by atoms with Gasteiger partial charge in [0.15, 0.2) is 5.17 Å². The number of sulfonamides is 1. The van der Waals surface area contributed by atoms with Crippen molar-refractivity contribution >= 4 is 50.3 Å². The number of carbonyl (C=O) groups excluding carboxylic acids is 1. The van der Waals surface area contributed by atoms with E-state index in [0.717, 1.165) is 22.9 Å². The van der Waals surface area contributed by atoms with E-state index >= 15 is 0 Å². The van der Waals surface area contributed by atoms with Gasteiger partial charge in [0.05, 0.1) is 4.91 Å². The first-order valence-corrected chi connectivity index (χ1v) is 15.2. The zero-order chi connectivity index (χ0) is 29.0. The number of rotatable bonds is 8. The maximum Gasteiger partial charge on any atom is 0.516 e. The molecule has 214 valence electrons. The SMILES string of the molecule is O=C1N=C(Nc2ccc(NS(=O)(=O)C(F)(F)F)cc2)S/C1=C\c1ccc(OCc2ccc(C3CCCC3)cc2)cc1. The van der Waals surface area contributed by atoms with E-state index in [-0.39, 0.29) is 10.9 Å². The van der Waals surface area contributed by atoms with Gasteiger partial charge in [0, 0.05) is 11.4 Å². The van der Waals surface area contributed by atoms with Crippen molar-refractivity contribution in [1.29, 1.82) is 0 Å². The summed E-state index contributed by atoms with van der Waals surface area (Å²) in [6, 6.07) is 21.0. The third kappa shape index (κ3) is 7.31. The van der Waals surface area contributed by atoms with Crippen molar-refractivity contribution in [2.24, 2.45) is 4.99 Å². The lowest BCUT2D eigenvalue weighted by molar-refractivity contribution is -0.113. The molecule has 41 heavy (non-hydrogen) atoms. The molecular formula is C29H26F3N3O4S2. The number of ether oxygens (including phenoxy) is 1. The molecule has 0 bridgehead atoms. The molecule has 1 aliphatic carbocycles. The zero-order valence-corrected chi connectivity index (χ0v) is 23.3. The molecule has 12 heteroatoms. The second kappa shape index (κ2) is 12.0. The normalized spacial score (nSPS) is 17.1. The minimum atomic E-state index is -5.51. The number of nitrogens with one attached hydrogen (secondary N) is 2. The summed E-state index contributed by atoms with van der Waals surface area (Å²) in [7, 11) is -5.51. The van der Waals surface area contributed by atoms with Gasteiger partial charge in [-0.05, 0) is 89.7 Å². The summed E-state index contributed by atoms with van der Waals surface area (Å²) in [5.41, 5.74) is -1.98. The molecule has 0 unspecified atom stereocenters. The molecule has 7 nitrogen and oxygen atoms in total. The Kier molecular flexibility index (Phi) is 8.41. The predicted molar refractivity (Wildman–Crippen MR) is 155 cm³/mol. The highest BCUT2D eigenvalue weighted by Crippen LogP contribution is 2.34. The van der Waals surface area contributed by atoms with Gasteiger partial charge < -0.3 is 10.1 Å². The van der Waals surface area contributed by atoms with Crippen LogP contribution in [0, 0.1) is 0 Å². The summed E-state index contributed by atoms with van der Waals surface area (Å²) in [5, 5.41) is 3.18. The zero-order valence-electron chi connectivity index (χ0n) is 21.6. The summed E-state index contributed by atoms with van der Waals surface area (Å²) in [6.45, 7) is 0.456. The molecule has 3 aromatic carbocycles. The lowest BCUT2D eigenvalue weighted by atomic mass is 9.97. The van der Waals surface area contributed by atoms with E-state index in [0.29, 0.717) is 28.9 Å². The maximum atomic E-state index is 12.5. The Balaban J connectivity index is 1.13. The number of halogens is 3. The van der Waals surface area contributed by atoms with Gasteiger partial charge in [0.2, 0.25) is 0 Å². The summed E-state index contributed by atoms with van der Waals surface area (Å²) in [4.78, 5) is 16.7. The number of thioether (sulfide) groups is 1. The molecule has 0 atom stereocenters. The van der Waals surface area contributed by atoms with Gasteiger partial charge in [-0.3, -0.25) is 9.52 Å². The van der Waals surface area contributed by atoms with E-state index in [9.17, 15) is 26.4 Å². The Bertz CT molecular complexity index is 1560. The second-order valence-corrected chi connectivity index (χ2v) is 12.4.